The maximum absolute atomic E-state index is 12.7. The molecule has 1 aromatic carbocycles. The second-order valence-electron chi connectivity index (χ2n) is 5.56. The van der Waals surface area contributed by atoms with Gasteiger partial charge in [0.1, 0.15) is 6.04 Å². The zero-order chi connectivity index (χ0) is 15.4. The number of hydrogen-bond acceptors (Lipinski definition) is 3. The molecule has 0 bridgehead atoms. The summed E-state index contributed by atoms with van der Waals surface area (Å²) in [6.07, 6.45) is 4.32. The van der Waals surface area contributed by atoms with Crippen molar-refractivity contribution in [3.05, 3.63) is 57.4 Å². The molecule has 0 radical (unpaired) electrons. The Kier molecular flexibility index (Phi) is 2.51. The van der Waals surface area contributed by atoms with Crippen LogP contribution in [0.15, 0.2) is 46.4 Å². The SMILES string of the molecule is C=C1CCC(n2c(=O)c3c[nH]cc4c(=O)ccc2c43)C(=O)N1. The molecule has 0 spiro atoms. The molecule has 0 saturated carbocycles. The molecule has 3 aromatic rings. The van der Waals surface area contributed by atoms with E-state index in [9.17, 15) is 14.4 Å². The highest BCUT2D eigenvalue weighted by atomic mass is 16.2. The van der Waals surface area contributed by atoms with Crippen LogP contribution in [0.3, 0.4) is 0 Å². The van der Waals surface area contributed by atoms with Gasteiger partial charge in [0.15, 0.2) is 5.43 Å². The number of benzene rings is 1. The van der Waals surface area contributed by atoms with Crippen molar-refractivity contribution in [3.63, 3.8) is 0 Å². The summed E-state index contributed by atoms with van der Waals surface area (Å²) in [6.45, 7) is 3.75. The first-order valence-electron chi connectivity index (χ1n) is 7.04. The Labute approximate surface area is 124 Å². The Morgan fingerprint density at radius 2 is 1.91 bits per heavy atom. The third kappa shape index (κ3) is 1.57. The van der Waals surface area contributed by atoms with Crippen LogP contribution in [0.4, 0.5) is 0 Å². The van der Waals surface area contributed by atoms with Crippen molar-refractivity contribution < 1.29 is 4.79 Å². The molecular formula is C16H13N3O3. The first kappa shape index (κ1) is 12.8. The first-order valence-corrected chi connectivity index (χ1v) is 7.04. The van der Waals surface area contributed by atoms with Gasteiger partial charge < -0.3 is 10.3 Å². The largest absolute Gasteiger partial charge is 0.366 e. The molecule has 1 aliphatic rings. The smallest absolute Gasteiger partial charge is 0.261 e. The molecule has 110 valence electrons. The molecule has 2 aromatic heterocycles. The Morgan fingerprint density at radius 3 is 2.68 bits per heavy atom. The molecule has 1 fully saturated rings. The second-order valence-corrected chi connectivity index (χ2v) is 5.56. The minimum absolute atomic E-state index is 0.145. The maximum atomic E-state index is 12.7. The fourth-order valence-corrected chi connectivity index (χ4v) is 3.22. The van der Waals surface area contributed by atoms with Crippen molar-refractivity contribution in [2.24, 2.45) is 0 Å². The summed E-state index contributed by atoms with van der Waals surface area (Å²) in [6, 6.07) is 2.47. The fourth-order valence-electron chi connectivity index (χ4n) is 3.22. The summed E-state index contributed by atoms with van der Waals surface area (Å²) in [5.74, 6) is -0.235. The van der Waals surface area contributed by atoms with Crippen LogP contribution < -0.4 is 16.3 Å². The van der Waals surface area contributed by atoms with Crippen LogP contribution in [0.25, 0.3) is 21.7 Å². The van der Waals surface area contributed by atoms with Gasteiger partial charge in [0.05, 0.1) is 10.9 Å². The minimum Gasteiger partial charge on any atom is -0.366 e. The van der Waals surface area contributed by atoms with E-state index in [4.69, 9.17) is 0 Å². The highest BCUT2D eigenvalue weighted by molar-refractivity contribution is 6.09. The summed E-state index contributed by atoms with van der Waals surface area (Å²) in [5, 5.41) is 4.22. The fraction of sp³-hybridized carbons (Fsp3) is 0.188. The van der Waals surface area contributed by atoms with Crippen molar-refractivity contribution in [1.29, 1.82) is 0 Å². The van der Waals surface area contributed by atoms with Crippen LogP contribution in [0.2, 0.25) is 0 Å². The molecule has 2 N–H and O–H groups in total. The van der Waals surface area contributed by atoms with E-state index in [1.807, 2.05) is 0 Å². The number of aromatic nitrogens is 2. The highest BCUT2D eigenvalue weighted by Gasteiger charge is 2.29. The van der Waals surface area contributed by atoms with Gasteiger partial charge in [-0.3, -0.25) is 19.0 Å². The summed E-state index contributed by atoms with van der Waals surface area (Å²) in [5.41, 5.74) is 0.887. The monoisotopic (exact) mass is 295 g/mol. The van der Waals surface area contributed by atoms with E-state index >= 15 is 0 Å². The van der Waals surface area contributed by atoms with E-state index in [1.165, 1.54) is 10.6 Å². The van der Waals surface area contributed by atoms with Crippen LogP contribution in [-0.2, 0) is 4.79 Å². The van der Waals surface area contributed by atoms with E-state index in [2.05, 4.69) is 16.9 Å². The van der Waals surface area contributed by atoms with Crippen LogP contribution in [0.5, 0.6) is 0 Å². The number of H-pyrrole nitrogens is 1. The Bertz CT molecular complexity index is 1040. The van der Waals surface area contributed by atoms with Gasteiger partial charge in [-0.15, -0.1) is 0 Å². The Balaban J connectivity index is 2.07. The lowest BCUT2D eigenvalue weighted by molar-refractivity contribution is -0.124. The molecule has 22 heavy (non-hydrogen) atoms. The van der Waals surface area contributed by atoms with Crippen molar-refractivity contribution in [3.8, 4) is 0 Å². The first-order chi connectivity index (χ1) is 10.6. The number of carbonyl (C=O) groups excluding carboxylic acids is 1. The minimum atomic E-state index is -0.578. The van der Waals surface area contributed by atoms with Crippen molar-refractivity contribution in [1.82, 2.24) is 14.9 Å². The van der Waals surface area contributed by atoms with Crippen LogP contribution in [0.1, 0.15) is 18.9 Å². The Hall–Kier alpha value is -2.89. The number of allylic oxidation sites excluding steroid dienone is 1. The highest BCUT2D eigenvalue weighted by Crippen LogP contribution is 2.28. The summed E-state index contributed by atoms with van der Waals surface area (Å²) >= 11 is 0. The molecule has 3 heterocycles. The van der Waals surface area contributed by atoms with E-state index in [-0.39, 0.29) is 16.9 Å². The number of hydrogen-bond donors (Lipinski definition) is 2. The number of nitrogens with one attached hydrogen (secondary N) is 2. The number of amides is 1. The van der Waals surface area contributed by atoms with Crippen molar-refractivity contribution >= 4 is 27.6 Å². The van der Waals surface area contributed by atoms with Crippen molar-refractivity contribution in [2.75, 3.05) is 0 Å². The van der Waals surface area contributed by atoms with Gasteiger partial charge in [0, 0.05) is 28.9 Å². The molecule has 1 saturated heterocycles. The average Bonchev–Trinajstić information content (AvgIpc) is 2.78. The second kappa shape index (κ2) is 4.30. The lowest BCUT2D eigenvalue weighted by atomic mass is 10.0. The normalized spacial score (nSPS) is 19.0. The van der Waals surface area contributed by atoms with Gasteiger partial charge >= 0.3 is 0 Å². The van der Waals surface area contributed by atoms with Gasteiger partial charge in [0.25, 0.3) is 5.56 Å². The molecule has 0 aliphatic carbocycles. The number of rotatable bonds is 1. The summed E-state index contributed by atoms with van der Waals surface area (Å²) in [4.78, 5) is 39.8. The molecule has 1 atom stereocenters. The predicted molar refractivity (Wildman–Crippen MR) is 83.1 cm³/mol. The third-order valence-electron chi connectivity index (χ3n) is 4.25. The van der Waals surface area contributed by atoms with E-state index in [0.717, 1.165) is 0 Å². The third-order valence-corrected chi connectivity index (χ3v) is 4.25. The molecule has 1 amide bonds. The average molecular weight is 295 g/mol. The molecule has 1 unspecified atom stereocenters. The van der Waals surface area contributed by atoms with Gasteiger partial charge in [-0.25, -0.2) is 0 Å². The summed E-state index contributed by atoms with van der Waals surface area (Å²) in [7, 11) is 0. The molecule has 1 aliphatic heterocycles. The van der Waals surface area contributed by atoms with Crippen LogP contribution in [0, 0.1) is 0 Å². The lowest BCUT2D eigenvalue weighted by Crippen LogP contribution is -2.39. The number of nitrogens with zero attached hydrogens (tertiary/aromatic N) is 1. The van der Waals surface area contributed by atoms with Crippen LogP contribution in [-0.4, -0.2) is 15.5 Å². The number of carbonyl (C=O) groups is 1. The molecule has 6 nitrogen and oxygen atoms in total. The quantitative estimate of drug-likeness (QED) is 0.708. The topological polar surface area (TPSA) is 84.0 Å². The van der Waals surface area contributed by atoms with Crippen LogP contribution >= 0.6 is 0 Å². The van der Waals surface area contributed by atoms with Gasteiger partial charge in [-0.2, -0.15) is 0 Å². The molecular weight excluding hydrogens is 282 g/mol. The van der Waals surface area contributed by atoms with Crippen molar-refractivity contribution in [2.45, 2.75) is 18.9 Å². The summed E-state index contributed by atoms with van der Waals surface area (Å²) < 4.78 is 1.49. The zero-order valence-electron chi connectivity index (χ0n) is 11.7. The zero-order valence-corrected chi connectivity index (χ0v) is 11.7. The standard InChI is InChI=1S/C16H13N3O3/c1-8-2-3-12(15(21)18-8)19-11-4-5-13(20)9-6-17-7-10(14(9)11)16(19)22/h4-7,12,17H,1-3H2,(H,18,21). The van der Waals surface area contributed by atoms with E-state index in [1.54, 1.807) is 18.5 Å². The maximum Gasteiger partial charge on any atom is 0.261 e. The predicted octanol–water partition coefficient (Wildman–Crippen LogP) is 1.25. The van der Waals surface area contributed by atoms with Gasteiger partial charge in [0.2, 0.25) is 5.91 Å². The number of aromatic amines is 1. The van der Waals surface area contributed by atoms with E-state index < -0.39 is 6.04 Å². The van der Waals surface area contributed by atoms with Gasteiger partial charge in [-0.05, 0) is 25.0 Å². The number of pyridine rings is 1. The Morgan fingerprint density at radius 1 is 1.14 bits per heavy atom. The molecule has 6 heteroatoms. The van der Waals surface area contributed by atoms with Gasteiger partial charge in [-0.1, -0.05) is 6.58 Å². The van der Waals surface area contributed by atoms with E-state index in [0.29, 0.717) is 40.2 Å². The lowest BCUT2D eigenvalue weighted by Gasteiger charge is -2.24. The molecule has 4 rings (SSSR count). The number of piperidine rings is 1.